The molecule has 2 aliphatic heterocycles. The third-order valence-electron chi connectivity index (χ3n) is 16.8. The van der Waals surface area contributed by atoms with Gasteiger partial charge in [-0.1, -0.05) is 60.1 Å². The summed E-state index contributed by atoms with van der Waals surface area (Å²) >= 11 is 0. The molecule has 11 atom stereocenters. The fourth-order valence-corrected chi connectivity index (χ4v) is 13.1. The van der Waals surface area contributed by atoms with E-state index in [0.717, 1.165) is 44.9 Å². The molecule has 5 fully saturated rings. The van der Waals surface area contributed by atoms with Gasteiger partial charge in [0.1, 0.15) is 12.4 Å². The van der Waals surface area contributed by atoms with E-state index in [1.54, 1.807) is 7.05 Å². The summed E-state index contributed by atoms with van der Waals surface area (Å²) in [5, 5.41) is 21.3. The molecule has 3 saturated carbocycles. The smallest absolute Gasteiger partial charge is 0.450 e. The fraction of sp³-hybridized carbons (Fsp3) is 0.854. The van der Waals surface area contributed by atoms with Gasteiger partial charge in [0.15, 0.2) is 0 Å². The number of nitrogens with one attached hydrogen (secondary N) is 2. The van der Waals surface area contributed by atoms with Crippen molar-refractivity contribution in [3.05, 3.63) is 23.8 Å². The molecule has 7 rings (SSSR count). The molecule has 0 unspecified atom stereocenters. The Morgan fingerprint density at radius 1 is 1.02 bits per heavy atom. The van der Waals surface area contributed by atoms with E-state index < -0.39 is 12.3 Å². The largest absolute Gasteiger partial charge is 0.506 e. The molecule has 1 amide bonds. The van der Waals surface area contributed by atoms with E-state index in [1.165, 1.54) is 11.9 Å². The van der Waals surface area contributed by atoms with Crippen LogP contribution in [0.5, 0.6) is 0 Å². The van der Waals surface area contributed by atoms with Crippen molar-refractivity contribution in [1.29, 1.82) is 0 Å². The first-order chi connectivity index (χ1) is 25.1. The quantitative estimate of drug-likeness (QED) is 0.195. The molecule has 4 aliphatic carbocycles. The highest BCUT2D eigenvalue weighted by Gasteiger charge is 2.72. The van der Waals surface area contributed by atoms with Gasteiger partial charge >= 0.3 is 6.16 Å². The molecule has 1 aromatic rings. The molecule has 12 heteroatoms. The summed E-state index contributed by atoms with van der Waals surface area (Å²) in [5.41, 5.74) is -0.274. The van der Waals surface area contributed by atoms with Crippen molar-refractivity contribution in [1.82, 2.24) is 25.4 Å². The molecule has 12 nitrogen and oxygen atoms in total. The van der Waals surface area contributed by atoms with E-state index in [9.17, 15) is 14.7 Å². The van der Waals surface area contributed by atoms with Crippen molar-refractivity contribution in [2.24, 2.45) is 50.7 Å². The summed E-state index contributed by atoms with van der Waals surface area (Å²) in [7, 11) is 3.64. The minimum atomic E-state index is -1.18. The number of hydrogen-bond acceptors (Lipinski definition) is 9. The first-order valence-corrected chi connectivity index (χ1v) is 20.2. The van der Waals surface area contributed by atoms with E-state index in [0.29, 0.717) is 57.1 Å². The second kappa shape index (κ2) is 13.6. The minimum Gasteiger partial charge on any atom is -0.450 e. The molecule has 0 radical (unpaired) electrons. The number of allylic oxidation sites excluding steroid dienone is 1. The van der Waals surface area contributed by atoms with Crippen molar-refractivity contribution < 1.29 is 33.6 Å². The maximum Gasteiger partial charge on any atom is 0.506 e. The Morgan fingerprint density at radius 3 is 2.42 bits per heavy atom. The van der Waals surface area contributed by atoms with Gasteiger partial charge in [-0.3, -0.25) is 4.79 Å². The lowest BCUT2D eigenvalue weighted by Gasteiger charge is -2.71. The molecule has 0 spiro atoms. The lowest BCUT2D eigenvalue weighted by atomic mass is 9.35. The number of hydrogen-bond donors (Lipinski definition) is 3. The summed E-state index contributed by atoms with van der Waals surface area (Å²) in [6.07, 6.45) is 9.23. The van der Waals surface area contributed by atoms with Crippen LogP contribution >= 0.6 is 0 Å². The first kappa shape index (κ1) is 38.7. The predicted molar refractivity (Wildman–Crippen MR) is 199 cm³/mol. The Balaban J connectivity index is 1.32. The van der Waals surface area contributed by atoms with E-state index in [4.69, 9.17) is 24.0 Å². The highest BCUT2D eigenvalue weighted by Crippen LogP contribution is 2.74. The van der Waals surface area contributed by atoms with E-state index in [2.05, 4.69) is 70.2 Å². The maximum atomic E-state index is 13.3. The van der Waals surface area contributed by atoms with Crippen LogP contribution in [0, 0.1) is 50.7 Å². The Labute approximate surface area is 315 Å². The van der Waals surface area contributed by atoms with E-state index >= 15 is 0 Å². The van der Waals surface area contributed by atoms with E-state index in [-0.39, 0.29) is 62.5 Å². The fourth-order valence-electron chi connectivity index (χ4n) is 13.1. The standard InChI is InChI=1S/C41H65N5O7/c1-25(2)26(3)36(4)14-15-38(6)27-10-11-30-37(5)21-51-23-41(30,28(27)12-13-39(38,7)34(36)53-35(48)49)20-29(46-32(33(47)42-8)44-24-45-46)31(37)52-22-40(43-9)16-18-50-19-17-40/h12,24-27,29-31,34,43H,10-11,13-23H2,1-9H3,(H,42,47)(H,48,49)/t26-,27+,29-,30+,31+,34-,36-,37-,38-,39-,41+/m1/s1. The first-order valence-electron chi connectivity index (χ1n) is 20.2. The second-order valence-electron chi connectivity index (χ2n) is 19.1. The Morgan fingerprint density at radius 2 is 1.75 bits per heavy atom. The molecule has 6 aliphatic rings. The third kappa shape index (κ3) is 5.65. The number of carboxylic acid groups (broad SMARTS) is 1. The van der Waals surface area contributed by atoms with Gasteiger partial charge in [-0.15, -0.1) is 0 Å². The topological polar surface area (TPSA) is 146 Å². The van der Waals surface area contributed by atoms with Gasteiger partial charge in [-0.05, 0) is 87.5 Å². The van der Waals surface area contributed by atoms with Gasteiger partial charge in [0.2, 0.25) is 5.82 Å². The number of ether oxygens (including phenoxy) is 4. The van der Waals surface area contributed by atoms with Crippen molar-refractivity contribution in [3.8, 4) is 0 Å². The van der Waals surface area contributed by atoms with Crippen molar-refractivity contribution in [3.63, 3.8) is 0 Å². The molecule has 0 aromatic carbocycles. The summed E-state index contributed by atoms with van der Waals surface area (Å²) in [5.74, 6) is 1.25. The summed E-state index contributed by atoms with van der Waals surface area (Å²) in [6, 6.07) is -0.255. The molecule has 53 heavy (non-hydrogen) atoms. The Kier molecular flexibility index (Phi) is 9.93. The van der Waals surface area contributed by atoms with Crippen molar-refractivity contribution in [2.45, 2.75) is 124 Å². The van der Waals surface area contributed by atoms with Crippen molar-refractivity contribution >= 4 is 12.1 Å². The normalized spacial score (nSPS) is 42.4. The molecule has 2 saturated heterocycles. The van der Waals surface area contributed by atoms with Crippen LogP contribution in [0.2, 0.25) is 0 Å². The van der Waals surface area contributed by atoms with Gasteiger partial charge in [-0.25, -0.2) is 14.5 Å². The number of fused-ring (bicyclic) bond motifs is 3. The van der Waals surface area contributed by atoms with Gasteiger partial charge in [0, 0.05) is 47.5 Å². The van der Waals surface area contributed by atoms with Crippen LogP contribution in [0.4, 0.5) is 4.79 Å². The van der Waals surface area contributed by atoms with Crippen LogP contribution in [0.3, 0.4) is 0 Å². The van der Waals surface area contributed by atoms with E-state index in [1.807, 2.05) is 11.7 Å². The zero-order chi connectivity index (χ0) is 38.2. The molecule has 3 heterocycles. The summed E-state index contributed by atoms with van der Waals surface area (Å²) < 4.78 is 27.7. The SMILES string of the molecule is CNC(=O)c1ncnn1[C@@H]1C[C@@]23COC[C@](C)([C@@H]2CC[C@H]2C3=CC[C@]3(C)[C@H](OC(=O)O)[C@@](C)([C@H](C)C(C)C)CC[C@]23C)[C@H]1OCC1(NC)CCOCC1. The molecule has 1 aromatic heterocycles. The van der Waals surface area contributed by atoms with Gasteiger partial charge in [-0.2, -0.15) is 5.10 Å². The van der Waals surface area contributed by atoms with Crippen LogP contribution in [0.25, 0.3) is 0 Å². The van der Waals surface area contributed by atoms with Gasteiger partial charge in [0.05, 0.1) is 32.0 Å². The zero-order valence-corrected chi connectivity index (χ0v) is 33.6. The minimum absolute atomic E-state index is 0.188. The average Bonchev–Trinajstić information content (AvgIpc) is 3.63. The second-order valence-corrected chi connectivity index (χ2v) is 19.1. The number of carbonyl (C=O) groups is 2. The number of amides is 1. The molecular formula is C41H65N5O7. The molecule has 3 N–H and O–H groups in total. The molecule has 296 valence electrons. The Bertz CT molecular complexity index is 1590. The zero-order valence-electron chi connectivity index (χ0n) is 33.6. The number of rotatable bonds is 9. The van der Waals surface area contributed by atoms with Gasteiger partial charge in [0.25, 0.3) is 5.91 Å². The molecule has 2 bridgehead atoms. The van der Waals surface area contributed by atoms with Crippen LogP contribution in [-0.4, -0.2) is 96.8 Å². The number of aromatic nitrogens is 3. The summed E-state index contributed by atoms with van der Waals surface area (Å²) in [4.78, 5) is 30.2. The number of carbonyl (C=O) groups excluding carboxylic acids is 1. The number of likely N-dealkylation sites (N-methyl/N-ethyl adjacent to an activating group) is 1. The highest BCUT2D eigenvalue weighted by molar-refractivity contribution is 5.90. The monoisotopic (exact) mass is 739 g/mol. The van der Waals surface area contributed by atoms with Crippen LogP contribution in [0.15, 0.2) is 18.0 Å². The Hall–Kier alpha value is -2.54. The number of nitrogens with zero attached hydrogens (tertiary/aromatic N) is 3. The molecular weight excluding hydrogens is 674 g/mol. The van der Waals surface area contributed by atoms with Crippen LogP contribution in [0.1, 0.15) is 116 Å². The predicted octanol–water partition coefficient (Wildman–Crippen LogP) is 6.28. The third-order valence-corrected chi connectivity index (χ3v) is 16.8. The summed E-state index contributed by atoms with van der Waals surface area (Å²) in [6.45, 7) is 19.2. The highest BCUT2D eigenvalue weighted by atomic mass is 16.7. The van der Waals surface area contributed by atoms with Crippen LogP contribution < -0.4 is 10.6 Å². The van der Waals surface area contributed by atoms with Crippen molar-refractivity contribution in [2.75, 3.05) is 47.1 Å². The van der Waals surface area contributed by atoms with Gasteiger partial charge < -0.3 is 34.7 Å². The average molecular weight is 740 g/mol. The lowest BCUT2D eigenvalue weighted by Crippen LogP contribution is -2.70. The maximum absolute atomic E-state index is 13.3. The van der Waals surface area contributed by atoms with Crippen LogP contribution in [-0.2, 0) is 18.9 Å². The lowest BCUT2D eigenvalue weighted by molar-refractivity contribution is -0.257.